The van der Waals surface area contributed by atoms with E-state index in [-0.39, 0.29) is 11.5 Å². The van der Waals surface area contributed by atoms with Crippen LogP contribution in [0.1, 0.15) is 21.5 Å². The Kier molecular flexibility index (Phi) is 5.76. The molecule has 0 fully saturated rings. The Hall–Kier alpha value is -2.60. The van der Waals surface area contributed by atoms with Crippen molar-refractivity contribution < 1.29 is 19.4 Å². The van der Waals surface area contributed by atoms with Crippen LogP contribution in [0.5, 0.6) is 5.75 Å². The average molecular weight is 390 g/mol. The number of hydrogen-bond acceptors (Lipinski definition) is 3. The number of carbonyl (C=O) groups excluding carboxylic acids is 1. The number of carboxylic acids is 1. The molecule has 2 rings (SSSR count). The number of hydrogen-bond donors (Lipinski definition) is 2. The van der Waals surface area contributed by atoms with E-state index in [0.29, 0.717) is 17.0 Å². The molecule has 0 heterocycles. The fraction of sp³-hybridized carbons (Fsp3) is 0.111. The van der Waals surface area contributed by atoms with Crippen LogP contribution in [0.4, 0.5) is 5.69 Å². The summed E-state index contributed by atoms with van der Waals surface area (Å²) in [4.78, 5) is 23.2. The largest absolute Gasteiger partial charge is 0.496 e. The molecule has 2 aromatic rings. The molecule has 0 bridgehead atoms. The Morgan fingerprint density at radius 3 is 2.62 bits per heavy atom. The van der Waals surface area contributed by atoms with Gasteiger partial charge in [0.25, 0.3) is 0 Å². The van der Waals surface area contributed by atoms with E-state index in [4.69, 9.17) is 9.84 Å². The third-order valence-corrected chi connectivity index (χ3v) is 3.83. The lowest BCUT2D eigenvalue weighted by Gasteiger charge is -2.07. The van der Waals surface area contributed by atoms with Gasteiger partial charge in [-0.1, -0.05) is 22.0 Å². The third kappa shape index (κ3) is 4.45. The number of ether oxygens (including phenoxy) is 1. The smallest absolute Gasteiger partial charge is 0.336 e. The molecule has 0 unspecified atom stereocenters. The van der Waals surface area contributed by atoms with Gasteiger partial charge in [-0.25, -0.2) is 4.79 Å². The predicted molar refractivity (Wildman–Crippen MR) is 96.5 cm³/mol. The van der Waals surface area contributed by atoms with Gasteiger partial charge in [0.05, 0.1) is 12.7 Å². The maximum Gasteiger partial charge on any atom is 0.336 e. The van der Waals surface area contributed by atoms with Crippen molar-refractivity contribution >= 4 is 39.6 Å². The first-order valence-electron chi connectivity index (χ1n) is 7.07. The van der Waals surface area contributed by atoms with Crippen LogP contribution < -0.4 is 10.1 Å². The van der Waals surface area contributed by atoms with Crippen molar-refractivity contribution in [3.63, 3.8) is 0 Å². The van der Waals surface area contributed by atoms with Crippen molar-refractivity contribution in [1.82, 2.24) is 0 Å². The van der Waals surface area contributed by atoms with Crippen molar-refractivity contribution in [2.75, 3.05) is 12.4 Å². The molecule has 0 aliphatic heterocycles. The lowest BCUT2D eigenvalue weighted by molar-refractivity contribution is -0.111. The van der Waals surface area contributed by atoms with Crippen LogP contribution >= 0.6 is 15.9 Å². The maximum absolute atomic E-state index is 12.0. The first kappa shape index (κ1) is 17.7. The van der Waals surface area contributed by atoms with Gasteiger partial charge in [-0.3, -0.25) is 4.79 Å². The summed E-state index contributed by atoms with van der Waals surface area (Å²) >= 11 is 3.37. The summed E-state index contributed by atoms with van der Waals surface area (Å²) < 4.78 is 6.11. The zero-order valence-electron chi connectivity index (χ0n) is 13.2. The lowest BCUT2D eigenvalue weighted by Crippen LogP contribution is -2.09. The van der Waals surface area contributed by atoms with Crippen molar-refractivity contribution in [3.8, 4) is 5.75 Å². The lowest BCUT2D eigenvalue weighted by atomic mass is 10.1. The molecule has 24 heavy (non-hydrogen) atoms. The summed E-state index contributed by atoms with van der Waals surface area (Å²) in [6.07, 6.45) is 3.00. The number of amides is 1. The topological polar surface area (TPSA) is 75.6 Å². The molecule has 0 saturated carbocycles. The van der Waals surface area contributed by atoms with Crippen LogP contribution in [0, 0.1) is 6.92 Å². The van der Waals surface area contributed by atoms with Gasteiger partial charge in [0.15, 0.2) is 0 Å². The number of carbonyl (C=O) groups is 2. The number of rotatable bonds is 5. The highest BCUT2D eigenvalue weighted by Crippen LogP contribution is 2.24. The summed E-state index contributed by atoms with van der Waals surface area (Å²) in [5.41, 5.74) is 1.96. The van der Waals surface area contributed by atoms with E-state index in [1.54, 1.807) is 38.3 Å². The van der Waals surface area contributed by atoms with Crippen LogP contribution in [0.2, 0.25) is 0 Å². The number of nitrogens with one attached hydrogen (secondary N) is 1. The quantitative estimate of drug-likeness (QED) is 0.754. The Balaban J connectivity index is 2.15. The van der Waals surface area contributed by atoms with Gasteiger partial charge in [0.1, 0.15) is 5.75 Å². The third-order valence-electron chi connectivity index (χ3n) is 3.34. The van der Waals surface area contributed by atoms with E-state index in [1.807, 2.05) is 12.1 Å². The highest BCUT2D eigenvalue weighted by Gasteiger charge is 2.09. The molecule has 0 radical (unpaired) electrons. The highest BCUT2D eigenvalue weighted by atomic mass is 79.9. The van der Waals surface area contributed by atoms with Crippen LogP contribution in [0.15, 0.2) is 46.9 Å². The van der Waals surface area contributed by atoms with Crippen LogP contribution in [0.3, 0.4) is 0 Å². The summed E-state index contributed by atoms with van der Waals surface area (Å²) in [5, 5.41) is 11.8. The monoisotopic (exact) mass is 389 g/mol. The molecule has 5 nitrogen and oxygen atoms in total. The molecule has 0 aliphatic rings. The fourth-order valence-electron chi connectivity index (χ4n) is 2.12. The van der Waals surface area contributed by atoms with Gasteiger partial charge in [0.2, 0.25) is 5.91 Å². The van der Waals surface area contributed by atoms with E-state index >= 15 is 0 Å². The zero-order valence-corrected chi connectivity index (χ0v) is 14.8. The summed E-state index contributed by atoms with van der Waals surface area (Å²) in [6.45, 7) is 1.70. The molecule has 0 saturated heterocycles. The number of benzene rings is 2. The number of halogens is 1. The SMILES string of the molecule is COc1ccc(Br)cc1/C=C/C(=O)Nc1ccc(C)c(C(=O)O)c1. The number of methoxy groups -OCH3 is 1. The molecule has 0 spiro atoms. The molecular formula is C18H16BrNO4. The molecule has 2 N–H and O–H groups in total. The Morgan fingerprint density at radius 2 is 1.96 bits per heavy atom. The Bertz CT molecular complexity index is 815. The van der Waals surface area contributed by atoms with Crippen molar-refractivity contribution in [1.29, 1.82) is 0 Å². The standard InChI is InChI=1S/C18H16BrNO4/c1-11-3-6-14(10-15(11)18(22)23)20-17(21)8-4-12-9-13(19)5-7-16(12)24-2/h3-10H,1-2H3,(H,20,21)(H,22,23)/b8-4+. The average Bonchev–Trinajstić information content (AvgIpc) is 2.54. The van der Waals surface area contributed by atoms with E-state index in [2.05, 4.69) is 21.2 Å². The van der Waals surface area contributed by atoms with Gasteiger partial charge in [-0.15, -0.1) is 0 Å². The van der Waals surface area contributed by atoms with Crippen LogP contribution in [-0.4, -0.2) is 24.1 Å². The summed E-state index contributed by atoms with van der Waals surface area (Å²) in [7, 11) is 1.56. The maximum atomic E-state index is 12.0. The molecule has 6 heteroatoms. The molecular weight excluding hydrogens is 374 g/mol. The van der Waals surface area contributed by atoms with E-state index in [9.17, 15) is 9.59 Å². The minimum atomic E-state index is -1.03. The van der Waals surface area contributed by atoms with Gasteiger partial charge < -0.3 is 15.2 Å². The Morgan fingerprint density at radius 1 is 1.21 bits per heavy atom. The summed E-state index contributed by atoms with van der Waals surface area (Å²) in [5.74, 6) is -0.749. The van der Waals surface area contributed by atoms with Gasteiger partial charge in [-0.05, 0) is 48.9 Å². The second-order valence-corrected chi connectivity index (χ2v) is 5.96. The molecule has 0 aromatic heterocycles. The van der Waals surface area contributed by atoms with E-state index < -0.39 is 5.97 Å². The van der Waals surface area contributed by atoms with Crippen molar-refractivity contribution in [2.24, 2.45) is 0 Å². The molecule has 0 aliphatic carbocycles. The van der Waals surface area contributed by atoms with Gasteiger partial charge in [0, 0.05) is 21.8 Å². The fourth-order valence-corrected chi connectivity index (χ4v) is 2.49. The summed E-state index contributed by atoms with van der Waals surface area (Å²) in [6, 6.07) is 10.2. The van der Waals surface area contributed by atoms with E-state index in [1.165, 1.54) is 12.1 Å². The normalized spacial score (nSPS) is 10.6. The minimum Gasteiger partial charge on any atom is -0.496 e. The molecule has 0 atom stereocenters. The number of carboxylic acid groups (broad SMARTS) is 1. The van der Waals surface area contributed by atoms with Gasteiger partial charge in [-0.2, -0.15) is 0 Å². The zero-order chi connectivity index (χ0) is 17.7. The minimum absolute atomic E-state index is 0.158. The highest BCUT2D eigenvalue weighted by molar-refractivity contribution is 9.10. The number of aromatic carboxylic acids is 1. The molecule has 2 aromatic carbocycles. The van der Waals surface area contributed by atoms with Crippen molar-refractivity contribution in [2.45, 2.75) is 6.92 Å². The number of aryl methyl sites for hydroxylation is 1. The second-order valence-electron chi connectivity index (χ2n) is 5.04. The number of anilines is 1. The molecule has 1 amide bonds. The van der Waals surface area contributed by atoms with Crippen molar-refractivity contribution in [3.05, 3.63) is 63.6 Å². The Labute approximate surface area is 148 Å². The second kappa shape index (κ2) is 7.79. The predicted octanol–water partition coefficient (Wildman–Crippen LogP) is 4.12. The van der Waals surface area contributed by atoms with E-state index in [0.717, 1.165) is 10.0 Å². The molecule has 124 valence electrons. The van der Waals surface area contributed by atoms with Crippen LogP contribution in [-0.2, 0) is 4.79 Å². The first-order valence-corrected chi connectivity index (χ1v) is 7.86. The van der Waals surface area contributed by atoms with Gasteiger partial charge >= 0.3 is 5.97 Å². The van der Waals surface area contributed by atoms with Crippen LogP contribution in [0.25, 0.3) is 6.08 Å². The first-order chi connectivity index (χ1) is 11.4.